The largest absolute Gasteiger partial charge is 0.494 e. The van der Waals surface area contributed by atoms with Crippen molar-refractivity contribution in [2.45, 2.75) is 50.2 Å². The molecule has 5 heterocycles. The van der Waals surface area contributed by atoms with Crippen LogP contribution >= 0.6 is 0 Å². The molecular formula is C35H34N4O2. The second kappa shape index (κ2) is 10.1. The molecule has 2 fully saturated rings. The first-order valence-electron chi connectivity index (χ1n) is 14.8. The summed E-state index contributed by atoms with van der Waals surface area (Å²) in [5, 5.41) is 1.13. The Morgan fingerprint density at radius 2 is 1.61 bits per heavy atom. The van der Waals surface area contributed by atoms with Gasteiger partial charge in [0.1, 0.15) is 17.1 Å². The van der Waals surface area contributed by atoms with Gasteiger partial charge in [0, 0.05) is 58.8 Å². The van der Waals surface area contributed by atoms with Crippen LogP contribution in [-0.4, -0.2) is 58.3 Å². The molecule has 2 saturated heterocycles. The zero-order valence-electron chi connectivity index (χ0n) is 23.3. The molecule has 1 aliphatic carbocycles. The third-order valence-electron chi connectivity index (χ3n) is 9.45. The predicted molar refractivity (Wildman–Crippen MR) is 162 cm³/mol. The minimum absolute atomic E-state index is 0.651. The van der Waals surface area contributed by atoms with Crippen molar-refractivity contribution in [1.82, 2.24) is 19.9 Å². The van der Waals surface area contributed by atoms with E-state index in [1.54, 1.807) is 13.3 Å². The summed E-state index contributed by atoms with van der Waals surface area (Å²) >= 11 is 0. The van der Waals surface area contributed by atoms with Crippen LogP contribution in [0.5, 0.6) is 5.75 Å². The van der Waals surface area contributed by atoms with E-state index in [-0.39, 0.29) is 0 Å². The van der Waals surface area contributed by atoms with Crippen LogP contribution < -0.4 is 4.74 Å². The Morgan fingerprint density at radius 3 is 2.41 bits per heavy atom. The van der Waals surface area contributed by atoms with Crippen molar-refractivity contribution in [3.05, 3.63) is 90.4 Å². The molecule has 2 aromatic carbocycles. The zero-order chi connectivity index (χ0) is 27.3. The number of fused-ring (bicyclic) bond motifs is 4. The van der Waals surface area contributed by atoms with E-state index in [2.05, 4.69) is 69.6 Å². The molecule has 2 aliphatic heterocycles. The third-order valence-corrected chi connectivity index (χ3v) is 9.45. The quantitative estimate of drug-likeness (QED) is 0.251. The van der Waals surface area contributed by atoms with Gasteiger partial charge in [-0.3, -0.25) is 9.88 Å². The highest BCUT2D eigenvalue weighted by atomic mass is 16.5. The highest BCUT2D eigenvalue weighted by Gasteiger charge is 2.45. The fourth-order valence-corrected chi connectivity index (χ4v) is 7.31. The monoisotopic (exact) mass is 542 g/mol. The zero-order valence-corrected chi connectivity index (χ0v) is 23.3. The van der Waals surface area contributed by atoms with Crippen LogP contribution in [0.1, 0.15) is 30.4 Å². The summed E-state index contributed by atoms with van der Waals surface area (Å²) in [5.74, 6) is 0.773. The van der Waals surface area contributed by atoms with Gasteiger partial charge in [-0.2, -0.15) is 0 Å². The molecule has 6 nitrogen and oxygen atoms in total. The lowest BCUT2D eigenvalue weighted by molar-refractivity contribution is -0.148. The lowest BCUT2D eigenvalue weighted by atomic mass is 9.87. The van der Waals surface area contributed by atoms with E-state index in [1.165, 1.54) is 36.0 Å². The number of nitrogens with one attached hydrogen (secondary N) is 1. The van der Waals surface area contributed by atoms with Crippen LogP contribution in [0.15, 0.2) is 79.3 Å². The number of rotatable bonds is 5. The number of aromatic nitrogens is 3. The van der Waals surface area contributed by atoms with Gasteiger partial charge in [-0.05, 0) is 72.6 Å². The topological polar surface area (TPSA) is 63.3 Å². The average Bonchev–Trinajstić information content (AvgIpc) is 3.35. The minimum atomic E-state index is 0.651. The summed E-state index contributed by atoms with van der Waals surface area (Å²) in [6.07, 6.45) is 12.0. The summed E-state index contributed by atoms with van der Waals surface area (Å²) in [5.41, 5.74) is 10.5. The fourth-order valence-electron chi connectivity index (χ4n) is 7.31. The number of hydrogen-bond donors (Lipinski definition) is 1. The lowest BCUT2D eigenvalue weighted by Gasteiger charge is -2.56. The number of H-pyrrole nitrogens is 1. The van der Waals surface area contributed by atoms with E-state index < -0.39 is 0 Å². The van der Waals surface area contributed by atoms with E-state index >= 15 is 0 Å². The molecule has 2 unspecified atom stereocenters. The Labute approximate surface area is 240 Å². The number of morpholine rings is 1. The van der Waals surface area contributed by atoms with Gasteiger partial charge in [0.2, 0.25) is 0 Å². The van der Waals surface area contributed by atoms with Crippen LogP contribution in [-0.2, 0) is 17.6 Å². The Morgan fingerprint density at radius 1 is 0.829 bits per heavy atom. The van der Waals surface area contributed by atoms with Crippen molar-refractivity contribution >= 4 is 11.0 Å². The molecule has 1 N–H and O–H groups in total. The molecule has 8 rings (SSSR count). The number of methoxy groups -OCH3 is 1. The van der Waals surface area contributed by atoms with Crippen LogP contribution in [0, 0.1) is 0 Å². The number of nitrogens with zero attached hydrogens (tertiary/aromatic N) is 3. The van der Waals surface area contributed by atoms with Crippen LogP contribution in [0.2, 0.25) is 0 Å². The smallest absolute Gasteiger partial charge is 0.145 e. The maximum Gasteiger partial charge on any atom is 0.145 e. The molecule has 2 bridgehead atoms. The Bertz CT molecular complexity index is 1710. The van der Waals surface area contributed by atoms with Gasteiger partial charge >= 0.3 is 0 Å². The molecule has 0 saturated carbocycles. The summed E-state index contributed by atoms with van der Waals surface area (Å²) < 4.78 is 11.3. The van der Waals surface area contributed by atoms with Crippen LogP contribution in [0.4, 0.5) is 0 Å². The molecular weight excluding hydrogens is 508 g/mol. The van der Waals surface area contributed by atoms with E-state index in [1.807, 2.05) is 18.3 Å². The second-order valence-corrected chi connectivity index (χ2v) is 11.7. The van der Waals surface area contributed by atoms with Crippen molar-refractivity contribution in [3.8, 4) is 39.3 Å². The first kappa shape index (κ1) is 24.8. The van der Waals surface area contributed by atoms with Gasteiger partial charge in [0.05, 0.1) is 20.3 Å². The number of pyridine rings is 2. The molecule has 3 aliphatic rings. The first-order chi connectivity index (χ1) is 20.2. The molecule has 6 heteroatoms. The summed E-state index contributed by atoms with van der Waals surface area (Å²) in [7, 11) is 1.68. The lowest BCUT2D eigenvalue weighted by Crippen LogP contribution is -2.66. The maximum atomic E-state index is 5.75. The van der Waals surface area contributed by atoms with Gasteiger partial charge in [-0.1, -0.05) is 42.5 Å². The molecule has 3 atom stereocenters. The molecule has 41 heavy (non-hydrogen) atoms. The van der Waals surface area contributed by atoms with E-state index in [4.69, 9.17) is 14.5 Å². The normalized spacial score (nSPS) is 22.1. The van der Waals surface area contributed by atoms with E-state index in [9.17, 15) is 0 Å². The fraction of sp³-hybridized carbons (Fsp3) is 0.314. The first-order valence-corrected chi connectivity index (χ1v) is 14.8. The molecule has 3 aromatic heterocycles. The molecule has 5 aromatic rings. The predicted octanol–water partition coefficient (Wildman–Crippen LogP) is 6.69. The van der Waals surface area contributed by atoms with Gasteiger partial charge in [0.15, 0.2) is 0 Å². The summed E-state index contributed by atoms with van der Waals surface area (Å²) in [4.78, 5) is 15.5. The van der Waals surface area contributed by atoms with Gasteiger partial charge in [-0.15, -0.1) is 0 Å². The Balaban J connectivity index is 1.06. The molecule has 206 valence electrons. The van der Waals surface area contributed by atoms with Crippen molar-refractivity contribution < 1.29 is 9.47 Å². The van der Waals surface area contributed by atoms with Gasteiger partial charge in [-0.25, -0.2) is 4.98 Å². The molecule has 0 spiro atoms. The average molecular weight is 543 g/mol. The summed E-state index contributed by atoms with van der Waals surface area (Å²) in [6.45, 7) is 1.84. The number of hydrogen-bond acceptors (Lipinski definition) is 5. The van der Waals surface area contributed by atoms with Crippen molar-refractivity contribution in [1.29, 1.82) is 0 Å². The highest BCUT2D eigenvalue weighted by molar-refractivity contribution is 5.96. The van der Waals surface area contributed by atoms with Crippen molar-refractivity contribution in [3.63, 3.8) is 0 Å². The standard InChI is InChI=1S/C35H34N4O2/c1-40-33-3-2-14-36-34(33)24-7-5-23(6-8-24)32-19-38-35-31(32)16-27(18-37-35)26-9-4-22-10-12-28(13-11-25(22)15-26)39-29-17-30(39)21-41-20-29/h2-9,14-16,18-19,28-30H,10-13,17,20-21H2,1H3,(H,37,38)/t28-,29?,30?/m0/s1. The number of benzene rings is 2. The van der Waals surface area contributed by atoms with Crippen LogP contribution in [0.3, 0.4) is 0 Å². The van der Waals surface area contributed by atoms with E-state index in [0.29, 0.717) is 18.1 Å². The Kier molecular flexibility index (Phi) is 6.12. The van der Waals surface area contributed by atoms with Crippen molar-refractivity contribution in [2.24, 2.45) is 0 Å². The number of ether oxygens (including phenoxy) is 2. The van der Waals surface area contributed by atoms with Crippen molar-refractivity contribution in [2.75, 3.05) is 20.3 Å². The molecule has 0 radical (unpaired) electrons. The SMILES string of the molecule is COc1cccnc1-c1ccc(-c2c[nH]c3ncc(-c4ccc5c(c4)CC[C@@H](N4C6COCC4C6)CC5)cc23)cc1. The van der Waals surface area contributed by atoms with Gasteiger partial charge in [0.25, 0.3) is 0 Å². The van der Waals surface area contributed by atoms with E-state index in [0.717, 1.165) is 70.8 Å². The molecule has 0 amide bonds. The minimum Gasteiger partial charge on any atom is -0.494 e. The highest BCUT2D eigenvalue weighted by Crippen LogP contribution is 2.38. The number of aryl methyl sites for hydroxylation is 2. The van der Waals surface area contributed by atoms with Gasteiger partial charge < -0.3 is 14.5 Å². The second-order valence-electron chi connectivity index (χ2n) is 11.7. The maximum absolute atomic E-state index is 5.75. The third kappa shape index (κ3) is 4.33. The summed E-state index contributed by atoms with van der Waals surface area (Å²) in [6, 6.07) is 23.7. The number of aromatic amines is 1. The Hall–Kier alpha value is -4.00. The van der Waals surface area contributed by atoms with Crippen LogP contribution in [0.25, 0.3) is 44.5 Å².